The largest absolute Gasteiger partial charge is 0.444 e. The van der Waals surface area contributed by atoms with Crippen LogP contribution in [0, 0.1) is 11.3 Å². The summed E-state index contributed by atoms with van der Waals surface area (Å²) in [6.45, 7) is 15.8. The number of nitriles is 1. The van der Waals surface area contributed by atoms with Crippen LogP contribution in [0.25, 0.3) is 10.9 Å². The zero-order valence-corrected chi connectivity index (χ0v) is 26.9. The lowest BCUT2D eigenvalue weighted by molar-refractivity contribution is 0.00796. The highest BCUT2D eigenvalue weighted by Crippen LogP contribution is 2.47. The summed E-state index contributed by atoms with van der Waals surface area (Å²) in [4.78, 5) is 35.0. The molecule has 1 aromatic carbocycles. The summed E-state index contributed by atoms with van der Waals surface area (Å²) in [5.41, 5.74) is 1.13. The van der Waals surface area contributed by atoms with Crippen LogP contribution in [-0.2, 0) is 9.47 Å². The second kappa shape index (κ2) is 11.3. The molecule has 2 saturated heterocycles. The third-order valence-corrected chi connectivity index (χ3v) is 8.55. The normalized spacial score (nSPS) is 20.3. The van der Waals surface area contributed by atoms with E-state index in [0.717, 1.165) is 61.9 Å². The van der Waals surface area contributed by atoms with Crippen molar-refractivity contribution in [2.75, 3.05) is 44.2 Å². The first-order chi connectivity index (χ1) is 20.2. The maximum atomic E-state index is 12.7. The van der Waals surface area contributed by atoms with E-state index in [-0.39, 0.29) is 23.3 Å². The maximum absolute atomic E-state index is 12.7. The molecule has 2 aliphatic heterocycles. The summed E-state index contributed by atoms with van der Waals surface area (Å²) in [5, 5.41) is 14.5. The van der Waals surface area contributed by atoms with Crippen LogP contribution in [0.4, 0.5) is 15.3 Å². The molecule has 2 aromatic rings. The summed E-state index contributed by atoms with van der Waals surface area (Å²) < 4.78 is 11.0. The van der Waals surface area contributed by atoms with E-state index in [1.165, 1.54) is 0 Å². The third kappa shape index (κ3) is 6.94. The molecule has 1 N–H and O–H groups in total. The molecule has 3 heterocycles. The Morgan fingerprint density at radius 1 is 0.953 bits per heavy atom. The Morgan fingerprint density at radius 2 is 1.56 bits per heavy atom. The minimum Gasteiger partial charge on any atom is -0.444 e. The summed E-state index contributed by atoms with van der Waals surface area (Å²) in [6.07, 6.45) is 5.31. The van der Waals surface area contributed by atoms with Gasteiger partial charge in [0.05, 0.1) is 27.8 Å². The number of nitrogens with zero attached hydrogens (tertiary/aromatic N) is 5. The van der Waals surface area contributed by atoms with E-state index in [9.17, 15) is 14.9 Å². The van der Waals surface area contributed by atoms with Crippen molar-refractivity contribution in [3.05, 3.63) is 35.0 Å². The molecule has 11 heteroatoms. The molecule has 2 amide bonds. The highest BCUT2D eigenvalue weighted by molar-refractivity contribution is 6.31. The molecule has 2 spiro atoms. The third-order valence-electron chi connectivity index (χ3n) is 8.31. The van der Waals surface area contributed by atoms with Gasteiger partial charge in [-0.15, -0.1) is 0 Å². The van der Waals surface area contributed by atoms with Crippen LogP contribution in [0.1, 0.15) is 72.8 Å². The van der Waals surface area contributed by atoms with Crippen LogP contribution >= 0.6 is 11.6 Å². The molecule has 4 aliphatic rings. The van der Waals surface area contributed by atoms with Crippen LogP contribution in [0.2, 0.25) is 5.02 Å². The van der Waals surface area contributed by atoms with Gasteiger partial charge in [0.25, 0.3) is 0 Å². The Balaban J connectivity index is 0.000000207. The summed E-state index contributed by atoms with van der Waals surface area (Å²) >= 11 is 6.22. The van der Waals surface area contributed by atoms with Crippen LogP contribution in [-0.4, -0.2) is 88.5 Å². The van der Waals surface area contributed by atoms with Gasteiger partial charge in [-0.05, 0) is 85.4 Å². The van der Waals surface area contributed by atoms with Crippen molar-refractivity contribution >= 4 is 40.4 Å². The van der Waals surface area contributed by atoms with Crippen molar-refractivity contribution in [2.45, 2.75) is 89.5 Å². The van der Waals surface area contributed by atoms with Gasteiger partial charge in [0.2, 0.25) is 0 Å². The Morgan fingerprint density at radius 3 is 2.12 bits per heavy atom. The number of ether oxygens (including phenoxy) is 2. The lowest BCUT2D eigenvalue weighted by atomic mass is 10.0. The Kier molecular flexibility index (Phi) is 8.20. The monoisotopic (exact) mass is 610 g/mol. The van der Waals surface area contributed by atoms with E-state index in [4.69, 9.17) is 21.1 Å². The minimum absolute atomic E-state index is 0.0839. The first-order valence-corrected chi connectivity index (χ1v) is 15.5. The van der Waals surface area contributed by atoms with Gasteiger partial charge in [-0.3, -0.25) is 14.8 Å². The molecule has 1 aromatic heterocycles. The van der Waals surface area contributed by atoms with Gasteiger partial charge in [-0.25, -0.2) is 9.59 Å². The fourth-order valence-corrected chi connectivity index (χ4v) is 6.13. The van der Waals surface area contributed by atoms with Crippen LogP contribution in [0.15, 0.2) is 24.4 Å². The summed E-state index contributed by atoms with van der Waals surface area (Å²) in [7, 11) is 0. The molecule has 0 bridgehead atoms. The van der Waals surface area contributed by atoms with Crippen molar-refractivity contribution in [3.8, 4) is 6.07 Å². The molecule has 232 valence electrons. The zero-order valence-electron chi connectivity index (χ0n) is 26.1. The number of anilines is 1. The molecular formula is C32H43ClN6O4. The fraction of sp³-hybridized carbons (Fsp3) is 0.625. The predicted octanol–water partition coefficient (Wildman–Crippen LogP) is 5.71. The molecule has 43 heavy (non-hydrogen) atoms. The standard InChI is InChI=1S/C21H23ClN4O2.C11H20N2O2/c1-20(2,3)28-19(27)26-9-8-25(13-21(26)6-7-21)18-14(11-23)12-24-17-5-4-15(22)10-16(17)18;1-10(2,3)15-9(14)13-7-6-12-8-11(13)4-5-11/h4-5,10,12H,6-9,13H2,1-3H3;12H,4-8H2,1-3H3. The quantitative estimate of drug-likeness (QED) is 0.437. The second-order valence-electron chi connectivity index (χ2n) is 14.1. The number of halogens is 1. The van der Waals surface area contributed by atoms with E-state index in [1.54, 1.807) is 12.3 Å². The van der Waals surface area contributed by atoms with E-state index in [2.05, 4.69) is 21.3 Å². The number of nitrogens with one attached hydrogen (secondary N) is 1. The Bertz CT molecular complexity index is 1430. The molecule has 4 fully saturated rings. The molecular weight excluding hydrogens is 568 g/mol. The fourth-order valence-electron chi connectivity index (χ4n) is 5.95. The minimum atomic E-state index is -0.518. The van der Waals surface area contributed by atoms with Gasteiger partial charge in [-0.1, -0.05) is 11.6 Å². The number of hydrogen-bond donors (Lipinski definition) is 1. The van der Waals surface area contributed by atoms with Gasteiger partial charge in [0, 0.05) is 55.9 Å². The van der Waals surface area contributed by atoms with Gasteiger partial charge < -0.3 is 19.7 Å². The number of fused-ring (bicyclic) bond motifs is 1. The number of pyridine rings is 1. The van der Waals surface area contributed by atoms with E-state index < -0.39 is 11.2 Å². The lowest BCUT2D eigenvalue weighted by Crippen LogP contribution is -2.58. The van der Waals surface area contributed by atoms with Crippen molar-refractivity contribution in [1.82, 2.24) is 20.1 Å². The maximum Gasteiger partial charge on any atom is 0.410 e. The van der Waals surface area contributed by atoms with E-state index in [1.807, 2.05) is 63.5 Å². The van der Waals surface area contributed by atoms with Gasteiger partial charge in [0.1, 0.15) is 17.3 Å². The molecule has 0 unspecified atom stereocenters. The number of piperazine rings is 2. The zero-order chi connectivity index (χ0) is 31.2. The first kappa shape index (κ1) is 31.1. The Labute approximate surface area is 259 Å². The van der Waals surface area contributed by atoms with Crippen LogP contribution in [0.5, 0.6) is 0 Å². The number of carbonyl (C=O) groups is 2. The number of benzene rings is 1. The van der Waals surface area contributed by atoms with Crippen molar-refractivity contribution < 1.29 is 19.1 Å². The number of carbonyl (C=O) groups excluding carboxylic acids is 2. The average Bonchev–Trinajstić information content (AvgIpc) is 3.85. The van der Waals surface area contributed by atoms with Gasteiger partial charge in [0.15, 0.2) is 0 Å². The van der Waals surface area contributed by atoms with Crippen molar-refractivity contribution in [2.24, 2.45) is 0 Å². The Hall–Kier alpha value is -3.29. The number of amides is 2. The molecule has 2 saturated carbocycles. The van der Waals surface area contributed by atoms with E-state index in [0.29, 0.717) is 30.2 Å². The summed E-state index contributed by atoms with van der Waals surface area (Å²) in [5.74, 6) is 0. The van der Waals surface area contributed by atoms with Gasteiger partial charge >= 0.3 is 12.2 Å². The highest BCUT2D eigenvalue weighted by Gasteiger charge is 2.55. The SMILES string of the molecule is CC(C)(C)OC(=O)N1CCN(c2c(C#N)cnc3ccc(Cl)cc23)CC12CC2.CC(C)(C)OC(=O)N1CCNCC12CC2. The summed E-state index contributed by atoms with van der Waals surface area (Å²) in [6, 6.07) is 7.79. The smallest absolute Gasteiger partial charge is 0.410 e. The van der Waals surface area contributed by atoms with Crippen LogP contribution in [0.3, 0.4) is 0 Å². The first-order valence-electron chi connectivity index (χ1n) is 15.1. The highest BCUT2D eigenvalue weighted by atomic mass is 35.5. The second-order valence-corrected chi connectivity index (χ2v) is 14.5. The molecule has 2 aliphatic carbocycles. The van der Waals surface area contributed by atoms with Crippen molar-refractivity contribution in [1.29, 1.82) is 5.26 Å². The lowest BCUT2D eigenvalue weighted by Gasteiger charge is -2.43. The number of aromatic nitrogens is 1. The molecule has 0 atom stereocenters. The van der Waals surface area contributed by atoms with Crippen molar-refractivity contribution in [3.63, 3.8) is 0 Å². The number of hydrogen-bond acceptors (Lipinski definition) is 8. The van der Waals surface area contributed by atoms with Gasteiger partial charge in [-0.2, -0.15) is 5.26 Å². The van der Waals surface area contributed by atoms with Crippen LogP contribution < -0.4 is 10.2 Å². The topological polar surface area (TPSA) is 111 Å². The van der Waals surface area contributed by atoms with E-state index >= 15 is 0 Å². The number of rotatable bonds is 1. The predicted molar refractivity (Wildman–Crippen MR) is 166 cm³/mol. The molecule has 6 rings (SSSR count). The molecule has 10 nitrogen and oxygen atoms in total. The molecule has 0 radical (unpaired) electrons. The average molecular weight is 611 g/mol.